The predicted molar refractivity (Wildman–Crippen MR) is 67.3 cm³/mol. The van der Waals surface area contributed by atoms with E-state index in [2.05, 4.69) is 10.6 Å². The highest BCUT2D eigenvalue weighted by Crippen LogP contribution is 2.18. The van der Waals surface area contributed by atoms with E-state index >= 15 is 0 Å². The van der Waals surface area contributed by atoms with Crippen LogP contribution in [0.15, 0.2) is 24.3 Å². The van der Waals surface area contributed by atoms with Crippen molar-refractivity contribution in [2.45, 2.75) is 25.3 Å². The molecule has 4 nitrogen and oxygen atoms in total. The van der Waals surface area contributed by atoms with Crippen molar-refractivity contribution < 1.29 is 9.53 Å². The van der Waals surface area contributed by atoms with Gasteiger partial charge in [-0.3, -0.25) is 4.79 Å². The second kappa shape index (κ2) is 5.68. The zero-order valence-electron chi connectivity index (χ0n) is 10.0. The molecule has 17 heavy (non-hydrogen) atoms. The van der Waals surface area contributed by atoms with Crippen LogP contribution in [-0.4, -0.2) is 25.6 Å². The van der Waals surface area contributed by atoms with E-state index in [-0.39, 0.29) is 5.91 Å². The van der Waals surface area contributed by atoms with Crippen molar-refractivity contribution in [1.82, 2.24) is 5.32 Å². The predicted octanol–water partition coefficient (Wildman–Crippen LogP) is 1.78. The van der Waals surface area contributed by atoms with Gasteiger partial charge in [0.1, 0.15) is 5.75 Å². The first-order valence-corrected chi connectivity index (χ1v) is 5.95. The molecule has 2 rings (SSSR count). The van der Waals surface area contributed by atoms with Gasteiger partial charge in [-0.05, 0) is 25.0 Å². The lowest BCUT2D eigenvalue weighted by molar-refractivity contribution is -0.115. The number of carbonyl (C=O) groups is 1. The average Bonchev–Trinajstić information content (AvgIpc) is 2.27. The van der Waals surface area contributed by atoms with E-state index in [1.54, 1.807) is 13.2 Å². The van der Waals surface area contributed by atoms with Crippen molar-refractivity contribution in [3.05, 3.63) is 24.3 Å². The lowest BCUT2D eigenvalue weighted by atomic mass is 9.93. The summed E-state index contributed by atoms with van der Waals surface area (Å²) in [5, 5.41) is 6.06. The lowest BCUT2D eigenvalue weighted by Crippen LogP contribution is -2.40. The van der Waals surface area contributed by atoms with Crippen molar-refractivity contribution in [2.24, 2.45) is 0 Å². The van der Waals surface area contributed by atoms with Crippen LogP contribution in [-0.2, 0) is 4.79 Å². The summed E-state index contributed by atoms with van der Waals surface area (Å²) >= 11 is 0. The third-order valence-electron chi connectivity index (χ3n) is 3.01. The number of anilines is 1. The van der Waals surface area contributed by atoms with E-state index in [0.29, 0.717) is 12.6 Å². The number of hydrogen-bond acceptors (Lipinski definition) is 3. The molecule has 0 atom stereocenters. The molecule has 2 N–H and O–H groups in total. The van der Waals surface area contributed by atoms with Gasteiger partial charge in [0, 0.05) is 17.8 Å². The van der Waals surface area contributed by atoms with Gasteiger partial charge in [0.05, 0.1) is 13.7 Å². The van der Waals surface area contributed by atoms with Crippen LogP contribution in [0.1, 0.15) is 19.3 Å². The molecule has 1 fully saturated rings. The van der Waals surface area contributed by atoms with E-state index in [4.69, 9.17) is 4.74 Å². The number of hydrogen-bond donors (Lipinski definition) is 2. The Hall–Kier alpha value is -1.55. The van der Waals surface area contributed by atoms with Crippen LogP contribution >= 0.6 is 0 Å². The molecule has 1 aliphatic carbocycles. The summed E-state index contributed by atoms with van der Waals surface area (Å²) in [5.74, 6) is 0.736. The van der Waals surface area contributed by atoms with Crippen LogP contribution in [0.25, 0.3) is 0 Å². The molecule has 1 aliphatic rings. The summed E-state index contributed by atoms with van der Waals surface area (Å²) in [6, 6.07) is 7.90. The summed E-state index contributed by atoms with van der Waals surface area (Å²) in [7, 11) is 1.61. The summed E-state index contributed by atoms with van der Waals surface area (Å²) < 4.78 is 5.09. The Morgan fingerprint density at radius 1 is 1.47 bits per heavy atom. The van der Waals surface area contributed by atoms with Gasteiger partial charge in [0.2, 0.25) is 5.91 Å². The maximum absolute atomic E-state index is 11.6. The third kappa shape index (κ3) is 3.46. The number of carbonyl (C=O) groups excluding carboxylic acids is 1. The standard InChI is InChI=1S/C13H18N2O2/c1-17-12-7-3-6-11(8-12)15-13(16)9-14-10-4-2-5-10/h3,6-8,10,14H,2,4-5,9H2,1H3,(H,15,16). The monoisotopic (exact) mass is 234 g/mol. The number of nitrogens with one attached hydrogen (secondary N) is 2. The zero-order chi connectivity index (χ0) is 12.1. The minimum absolute atomic E-state index is 0.00912. The normalized spacial score (nSPS) is 15.1. The van der Waals surface area contributed by atoms with E-state index in [0.717, 1.165) is 11.4 Å². The van der Waals surface area contributed by atoms with Gasteiger partial charge in [0.15, 0.2) is 0 Å². The van der Waals surface area contributed by atoms with Gasteiger partial charge in [0.25, 0.3) is 0 Å². The molecule has 1 saturated carbocycles. The van der Waals surface area contributed by atoms with Gasteiger partial charge in [-0.25, -0.2) is 0 Å². The van der Waals surface area contributed by atoms with E-state index < -0.39 is 0 Å². The van der Waals surface area contributed by atoms with Gasteiger partial charge >= 0.3 is 0 Å². The average molecular weight is 234 g/mol. The molecule has 1 amide bonds. The number of methoxy groups -OCH3 is 1. The summed E-state index contributed by atoms with van der Waals surface area (Å²) in [6.07, 6.45) is 3.65. The highest BCUT2D eigenvalue weighted by atomic mass is 16.5. The quantitative estimate of drug-likeness (QED) is 0.816. The zero-order valence-corrected chi connectivity index (χ0v) is 10.0. The number of ether oxygens (including phenoxy) is 1. The topological polar surface area (TPSA) is 50.4 Å². The minimum Gasteiger partial charge on any atom is -0.497 e. The maximum atomic E-state index is 11.6. The molecule has 4 heteroatoms. The maximum Gasteiger partial charge on any atom is 0.238 e. The fraction of sp³-hybridized carbons (Fsp3) is 0.462. The summed E-state index contributed by atoms with van der Waals surface area (Å²) in [6.45, 7) is 0.377. The van der Waals surface area contributed by atoms with Crippen molar-refractivity contribution in [1.29, 1.82) is 0 Å². The second-order valence-corrected chi connectivity index (χ2v) is 4.29. The summed E-state index contributed by atoms with van der Waals surface area (Å²) in [5.41, 5.74) is 0.768. The lowest BCUT2D eigenvalue weighted by Gasteiger charge is -2.26. The van der Waals surface area contributed by atoms with Gasteiger partial charge in [-0.15, -0.1) is 0 Å². The number of benzene rings is 1. The Balaban J connectivity index is 1.79. The summed E-state index contributed by atoms with van der Waals surface area (Å²) in [4.78, 5) is 11.6. The molecule has 1 aromatic carbocycles. The first-order valence-electron chi connectivity index (χ1n) is 5.95. The molecular formula is C13H18N2O2. The van der Waals surface area contributed by atoms with Crippen molar-refractivity contribution in [3.63, 3.8) is 0 Å². The van der Waals surface area contributed by atoms with Crippen molar-refractivity contribution >= 4 is 11.6 Å². The third-order valence-corrected chi connectivity index (χ3v) is 3.01. The molecule has 0 saturated heterocycles. The molecule has 0 heterocycles. The van der Waals surface area contributed by atoms with Crippen LogP contribution in [0.4, 0.5) is 5.69 Å². The molecular weight excluding hydrogens is 216 g/mol. The van der Waals surface area contributed by atoms with E-state index in [9.17, 15) is 4.79 Å². The molecule has 0 aromatic heterocycles. The smallest absolute Gasteiger partial charge is 0.238 e. The molecule has 92 valence electrons. The van der Waals surface area contributed by atoms with Crippen molar-refractivity contribution in [2.75, 3.05) is 19.0 Å². The first-order chi connectivity index (χ1) is 8.28. The largest absolute Gasteiger partial charge is 0.497 e. The molecule has 0 spiro atoms. The van der Waals surface area contributed by atoms with Crippen LogP contribution in [0.5, 0.6) is 5.75 Å². The molecule has 0 radical (unpaired) electrons. The molecule has 0 bridgehead atoms. The van der Waals surface area contributed by atoms with Crippen LogP contribution in [0.2, 0.25) is 0 Å². The highest BCUT2D eigenvalue weighted by molar-refractivity contribution is 5.92. The van der Waals surface area contributed by atoms with Crippen LogP contribution in [0.3, 0.4) is 0 Å². The molecule has 0 unspecified atom stereocenters. The van der Waals surface area contributed by atoms with E-state index in [1.165, 1.54) is 19.3 Å². The Kier molecular flexibility index (Phi) is 3.98. The van der Waals surface area contributed by atoms with Crippen LogP contribution in [0, 0.1) is 0 Å². The Morgan fingerprint density at radius 2 is 2.29 bits per heavy atom. The van der Waals surface area contributed by atoms with Crippen molar-refractivity contribution in [3.8, 4) is 5.75 Å². The Labute approximate surface area is 101 Å². The fourth-order valence-corrected chi connectivity index (χ4v) is 1.76. The highest BCUT2D eigenvalue weighted by Gasteiger charge is 2.17. The van der Waals surface area contributed by atoms with E-state index in [1.807, 2.05) is 18.2 Å². The fourth-order valence-electron chi connectivity index (χ4n) is 1.76. The first kappa shape index (κ1) is 11.9. The number of rotatable bonds is 5. The Morgan fingerprint density at radius 3 is 2.94 bits per heavy atom. The Bertz CT molecular complexity index is 389. The minimum atomic E-state index is -0.00912. The molecule has 0 aliphatic heterocycles. The van der Waals surface area contributed by atoms with Crippen LogP contribution < -0.4 is 15.4 Å². The second-order valence-electron chi connectivity index (χ2n) is 4.29. The SMILES string of the molecule is COc1cccc(NC(=O)CNC2CCC2)c1. The number of amides is 1. The van der Waals surface area contributed by atoms with Gasteiger partial charge in [-0.1, -0.05) is 12.5 Å². The van der Waals surface area contributed by atoms with Gasteiger partial charge < -0.3 is 15.4 Å². The molecule has 1 aromatic rings. The van der Waals surface area contributed by atoms with Gasteiger partial charge in [-0.2, -0.15) is 0 Å².